The third-order valence-corrected chi connectivity index (χ3v) is 3.90. The number of fused-ring (bicyclic) bond motifs is 1. The maximum Gasteiger partial charge on any atom is 0.337 e. The van der Waals surface area contributed by atoms with Crippen molar-refractivity contribution in [2.45, 2.75) is 12.8 Å². The van der Waals surface area contributed by atoms with Crippen LogP contribution >= 0.6 is 0 Å². The first-order chi connectivity index (χ1) is 10.7. The van der Waals surface area contributed by atoms with Crippen LogP contribution in [0.3, 0.4) is 0 Å². The lowest BCUT2D eigenvalue weighted by atomic mass is 9.85. The summed E-state index contributed by atoms with van der Waals surface area (Å²) in [5.41, 5.74) is 5.33. The molecule has 108 valence electrons. The van der Waals surface area contributed by atoms with E-state index < -0.39 is 0 Å². The van der Waals surface area contributed by atoms with Gasteiger partial charge in [-0.25, -0.2) is 9.64 Å². The summed E-state index contributed by atoms with van der Waals surface area (Å²) in [7, 11) is 1.38. The molecule has 0 aliphatic heterocycles. The molecular formula is C19H15NO2. The van der Waals surface area contributed by atoms with Gasteiger partial charge >= 0.3 is 5.97 Å². The number of carbonyl (C=O) groups excluding carboxylic acids is 1. The van der Waals surface area contributed by atoms with E-state index in [9.17, 15) is 4.79 Å². The standard InChI is InChI=1S/C19H15NO2/c1-20-18-9-4-3-7-16(18)15-8-5-6-13-10-11-14(12-17(13)15)19(21)22-2/h3-4,7-12H,5-6H2,2H3. The van der Waals surface area contributed by atoms with Crippen molar-refractivity contribution in [2.24, 2.45) is 0 Å². The van der Waals surface area contributed by atoms with Crippen LogP contribution in [0.5, 0.6) is 0 Å². The Kier molecular flexibility index (Phi) is 3.76. The van der Waals surface area contributed by atoms with E-state index in [1.54, 1.807) is 6.07 Å². The predicted molar refractivity (Wildman–Crippen MR) is 85.9 cm³/mol. The molecular weight excluding hydrogens is 274 g/mol. The lowest BCUT2D eigenvalue weighted by molar-refractivity contribution is 0.0600. The Morgan fingerprint density at radius 2 is 2.00 bits per heavy atom. The Bertz CT molecular complexity index is 812. The number of hydrogen-bond acceptors (Lipinski definition) is 2. The highest BCUT2D eigenvalue weighted by molar-refractivity contribution is 5.94. The molecule has 0 bridgehead atoms. The average Bonchev–Trinajstić information content (AvgIpc) is 2.60. The van der Waals surface area contributed by atoms with E-state index in [1.165, 1.54) is 12.7 Å². The third kappa shape index (κ3) is 2.40. The Morgan fingerprint density at radius 3 is 2.77 bits per heavy atom. The molecule has 0 atom stereocenters. The van der Waals surface area contributed by atoms with Gasteiger partial charge in [0, 0.05) is 0 Å². The summed E-state index contributed by atoms with van der Waals surface area (Å²) >= 11 is 0. The van der Waals surface area contributed by atoms with Crippen LogP contribution in [0.2, 0.25) is 0 Å². The average molecular weight is 289 g/mol. The first-order valence-corrected chi connectivity index (χ1v) is 7.13. The largest absolute Gasteiger partial charge is 0.465 e. The Hall–Kier alpha value is -2.86. The number of methoxy groups -OCH3 is 1. The molecule has 0 heterocycles. The van der Waals surface area contributed by atoms with Crippen LogP contribution in [-0.4, -0.2) is 13.1 Å². The fourth-order valence-electron chi connectivity index (χ4n) is 2.83. The number of hydrogen-bond donors (Lipinski definition) is 0. The van der Waals surface area contributed by atoms with Crippen LogP contribution in [0.25, 0.3) is 10.4 Å². The molecule has 2 aromatic carbocycles. The zero-order valence-corrected chi connectivity index (χ0v) is 12.3. The second-order valence-corrected chi connectivity index (χ2v) is 5.15. The summed E-state index contributed by atoms with van der Waals surface area (Å²) in [6.45, 7) is 7.35. The van der Waals surface area contributed by atoms with Gasteiger partial charge < -0.3 is 4.74 Å². The molecule has 0 fully saturated rings. The number of allylic oxidation sites excluding steroid dienone is 1. The molecule has 3 rings (SSSR count). The first-order valence-electron chi connectivity index (χ1n) is 7.13. The summed E-state index contributed by atoms with van der Waals surface area (Å²) in [5.74, 6) is -0.341. The number of aryl methyl sites for hydroxylation is 1. The second kappa shape index (κ2) is 5.87. The van der Waals surface area contributed by atoms with Gasteiger partial charge in [-0.1, -0.05) is 36.4 Å². The van der Waals surface area contributed by atoms with E-state index in [4.69, 9.17) is 11.3 Å². The molecule has 0 aromatic heterocycles. The zero-order chi connectivity index (χ0) is 15.5. The van der Waals surface area contributed by atoms with Crippen LogP contribution in [0.4, 0.5) is 5.69 Å². The molecule has 2 aromatic rings. The highest BCUT2D eigenvalue weighted by Gasteiger charge is 2.18. The molecule has 1 aliphatic rings. The van der Waals surface area contributed by atoms with Gasteiger partial charge in [0.2, 0.25) is 0 Å². The fourth-order valence-corrected chi connectivity index (χ4v) is 2.83. The number of ether oxygens (including phenoxy) is 1. The minimum Gasteiger partial charge on any atom is -0.465 e. The van der Waals surface area contributed by atoms with Gasteiger partial charge in [0.1, 0.15) is 0 Å². The van der Waals surface area contributed by atoms with Crippen LogP contribution in [0.1, 0.15) is 33.5 Å². The SMILES string of the molecule is [C-]#[N+]c1ccccc1C1=CCCc2ccc(C(=O)OC)cc21. The van der Waals surface area contributed by atoms with Gasteiger partial charge in [0.15, 0.2) is 5.69 Å². The van der Waals surface area contributed by atoms with Crippen molar-refractivity contribution in [3.05, 3.63) is 82.2 Å². The van der Waals surface area contributed by atoms with Crippen LogP contribution in [0.15, 0.2) is 48.5 Å². The van der Waals surface area contributed by atoms with Crippen molar-refractivity contribution in [1.29, 1.82) is 0 Å². The lowest BCUT2D eigenvalue weighted by Crippen LogP contribution is -2.06. The Labute approximate surface area is 129 Å². The van der Waals surface area contributed by atoms with Gasteiger partial charge in [0.25, 0.3) is 0 Å². The smallest absolute Gasteiger partial charge is 0.337 e. The van der Waals surface area contributed by atoms with Gasteiger partial charge in [-0.3, -0.25) is 0 Å². The topological polar surface area (TPSA) is 30.7 Å². The fraction of sp³-hybridized carbons (Fsp3) is 0.158. The van der Waals surface area contributed by atoms with Crippen LogP contribution < -0.4 is 0 Å². The van der Waals surface area contributed by atoms with E-state index >= 15 is 0 Å². The van der Waals surface area contributed by atoms with Crippen molar-refractivity contribution in [3.8, 4) is 0 Å². The van der Waals surface area contributed by atoms with E-state index in [-0.39, 0.29) is 5.97 Å². The maximum atomic E-state index is 11.8. The minimum absolute atomic E-state index is 0.341. The highest BCUT2D eigenvalue weighted by Crippen LogP contribution is 2.36. The molecule has 0 saturated heterocycles. The summed E-state index contributed by atoms with van der Waals surface area (Å²) in [4.78, 5) is 15.4. The lowest BCUT2D eigenvalue weighted by Gasteiger charge is -2.20. The minimum atomic E-state index is -0.341. The summed E-state index contributed by atoms with van der Waals surface area (Å²) in [5, 5.41) is 0. The van der Waals surface area contributed by atoms with Crippen molar-refractivity contribution >= 4 is 17.2 Å². The molecule has 0 saturated carbocycles. The molecule has 0 spiro atoms. The van der Waals surface area contributed by atoms with E-state index in [1.807, 2.05) is 36.4 Å². The van der Waals surface area contributed by atoms with Crippen LogP contribution in [-0.2, 0) is 11.2 Å². The predicted octanol–water partition coefficient (Wildman–Crippen LogP) is 4.40. The molecule has 22 heavy (non-hydrogen) atoms. The molecule has 0 unspecified atom stereocenters. The van der Waals surface area contributed by atoms with Crippen molar-refractivity contribution in [2.75, 3.05) is 7.11 Å². The molecule has 1 aliphatic carbocycles. The zero-order valence-electron chi connectivity index (χ0n) is 12.3. The van der Waals surface area contributed by atoms with Gasteiger partial charge in [-0.2, -0.15) is 0 Å². The Morgan fingerprint density at radius 1 is 1.18 bits per heavy atom. The molecule has 0 radical (unpaired) electrons. The quantitative estimate of drug-likeness (QED) is 0.606. The van der Waals surface area contributed by atoms with Gasteiger partial charge in [-0.05, 0) is 47.2 Å². The van der Waals surface area contributed by atoms with Crippen molar-refractivity contribution in [3.63, 3.8) is 0 Å². The van der Waals surface area contributed by atoms with Crippen LogP contribution in [0, 0.1) is 6.57 Å². The number of nitrogens with zero attached hydrogens (tertiary/aromatic N) is 1. The summed E-state index contributed by atoms with van der Waals surface area (Å²) in [6, 6.07) is 13.2. The van der Waals surface area contributed by atoms with E-state index in [2.05, 4.69) is 10.9 Å². The summed E-state index contributed by atoms with van der Waals surface area (Å²) in [6.07, 6.45) is 4.03. The molecule has 3 nitrogen and oxygen atoms in total. The molecule has 3 heteroatoms. The van der Waals surface area contributed by atoms with Gasteiger partial charge in [0.05, 0.1) is 19.2 Å². The van der Waals surface area contributed by atoms with E-state index in [0.29, 0.717) is 11.3 Å². The Balaban J connectivity index is 2.15. The number of benzene rings is 2. The van der Waals surface area contributed by atoms with Crippen molar-refractivity contribution in [1.82, 2.24) is 0 Å². The second-order valence-electron chi connectivity index (χ2n) is 5.15. The van der Waals surface area contributed by atoms with Crippen molar-refractivity contribution < 1.29 is 9.53 Å². The molecule has 0 N–H and O–H groups in total. The van der Waals surface area contributed by atoms with Gasteiger partial charge in [-0.15, -0.1) is 0 Å². The monoisotopic (exact) mass is 289 g/mol. The third-order valence-electron chi connectivity index (χ3n) is 3.90. The first kappa shape index (κ1) is 14.1. The normalized spacial score (nSPS) is 12.8. The number of para-hydroxylation sites is 1. The highest BCUT2D eigenvalue weighted by atomic mass is 16.5. The van der Waals surface area contributed by atoms with E-state index in [0.717, 1.165) is 29.5 Å². The number of carbonyl (C=O) groups is 1. The number of esters is 1. The maximum absolute atomic E-state index is 11.8. The molecule has 0 amide bonds. The summed E-state index contributed by atoms with van der Waals surface area (Å²) < 4.78 is 4.81. The number of rotatable bonds is 2.